The van der Waals surface area contributed by atoms with Crippen molar-refractivity contribution in [1.82, 2.24) is 0 Å². The van der Waals surface area contributed by atoms with Gasteiger partial charge in [-0.25, -0.2) is 9.59 Å². The predicted octanol–water partition coefficient (Wildman–Crippen LogP) is 1.16. The van der Waals surface area contributed by atoms with E-state index in [2.05, 4.69) is 23.7 Å². The summed E-state index contributed by atoms with van der Waals surface area (Å²) < 4.78 is 39.2. The quantitative estimate of drug-likeness (QED) is 0.200. The highest BCUT2D eigenvalue weighted by molar-refractivity contribution is 6.08. The highest BCUT2D eigenvalue weighted by Gasteiger charge is 2.65. The number of carbonyl (C=O) groups is 2. The number of methoxy groups -OCH3 is 1. The van der Waals surface area contributed by atoms with Gasteiger partial charge >= 0.3 is 12.1 Å². The minimum atomic E-state index is -1.66. The Morgan fingerprint density at radius 3 is 2.66 bits per heavy atom. The first-order chi connectivity index (χ1) is 22.5. The van der Waals surface area contributed by atoms with Crippen LogP contribution in [0.4, 0.5) is 4.79 Å². The highest BCUT2D eigenvalue weighted by Crippen LogP contribution is 2.44. The molecule has 0 unspecified atom stereocenters. The largest absolute Gasteiger partial charge is 0.508 e. The van der Waals surface area contributed by atoms with Gasteiger partial charge in [-0.3, -0.25) is 0 Å². The molecule has 47 heavy (non-hydrogen) atoms. The van der Waals surface area contributed by atoms with Crippen molar-refractivity contribution in [2.75, 3.05) is 13.7 Å². The predicted molar refractivity (Wildman–Crippen MR) is 159 cm³/mol. The van der Waals surface area contributed by atoms with Crippen molar-refractivity contribution in [2.45, 2.75) is 74.6 Å². The molecule has 3 aliphatic heterocycles. The fourth-order valence-corrected chi connectivity index (χ4v) is 6.18. The van der Waals surface area contributed by atoms with Gasteiger partial charge in [0, 0.05) is 16.5 Å². The number of aromatic hydroxyl groups is 1. The van der Waals surface area contributed by atoms with Crippen molar-refractivity contribution < 1.29 is 63.2 Å². The monoisotopic (exact) mass is 646 g/mol. The van der Waals surface area contributed by atoms with Crippen LogP contribution in [-0.4, -0.2) is 107 Å². The van der Waals surface area contributed by atoms with Crippen molar-refractivity contribution in [3.8, 4) is 35.2 Å². The molecule has 13 heteroatoms. The van der Waals surface area contributed by atoms with Crippen molar-refractivity contribution in [2.24, 2.45) is 0 Å². The van der Waals surface area contributed by atoms with Gasteiger partial charge < -0.3 is 53.6 Å². The molecule has 4 N–H and O–H groups in total. The average molecular weight is 647 g/mol. The number of rotatable bonds is 6. The van der Waals surface area contributed by atoms with Gasteiger partial charge in [0.05, 0.1) is 13.2 Å². The third-order valence-electron chi connectivity index (χ3n) is 8.86. The topological polar surface area (TPSA) is 183 Å². The number of aliphatic hydroxyl groups excluding tert-OH is 3. The lowest BCUT2D eigenvalue weighted by molar-refractivity contribution is -0.304. The summed E-state index contributed by atoms with van der Waals surface area (Å²) in [6, 6.07) is 6.49. The summed E-state index contributed by atoms with van der Waals surface area (Å²) in [6.45, 7) is 3.28. The lowest BCUT2D eigenvalue weighted by Crippen LogP contribution is -2.58. The van der Waals surface area contributed by atoms with Crippen molar-refractivity contribution in [1.29, 1.82) is 0 Å². The van der Waals surface area contributed by atoms with E-state index < -0.39 is 72.8 Å². The molecule has 10 atom stereocenters. The Bertz CT molecular complexity index is 1860. The fourth-order valence-electron chi connectivity index (χ4n) is 6.18. The SMILES string of the molecule is COc1cc(C)c2ccc(O)c(C(=O)O[C@@H]3C=C4C#C[C@]5([C@H]6COC(=O)O6)O[C@@H]5C#C/C=C\4[C@H]3O[C@H]3O[C@H](C)[C@H](O)[C@H](O)[C@H]3O)c2c1. The minimum Gasteiger partial charge on any atom is -0.507 e. The highest BCUT2D eigenvalue weighted by atomic mass is 16.8. The Morgan fingerprint density at radius 2 is 1.91 bits per heavy atom. The molecule has 0 bridgehead atoms. The zero-order valence-electron chi connectivity index (χ0n) is 25.3. The van der Waals surface area contributed by atoms with E-state index in [9.17, 15) is 30.0 Å². The van der Waals surface area contributed by atoms with Crippen LogP contribution < -0.4 is 4.74 Å². The first-order valence-electron chi connectivity index (χ1n) is 14.8. The van der Waals surface area contributed by atoms with Gasteiger partial charge in [0.1, 0.15) is 48.1 Å². The number of allylic oxidation sites excluding steroid dienone is 1. The lowest BCUT2D eigenvalue weighted by atomic mass is 9.98. The van der Waals surface area contributed by atoms with Gasteiger partial charge in [-0.05, 0) is 55.1 Å². The Labute approximate surface area is 268 Å². The number of fused-ring (bicyclic) bond motifs is 3. The number of phenols is 1. The van der Waals surface area contributed by atoms with Gasteiger partial charge in [-0.1, -0.05) is 29.7 Å². The molecule has 0 saturated carbocycles. The van der Waals surface area contributed by atoms with Crippen LogP contribution in [0.15, 0.2) is 47.6 Å². The first kappa shape index (κ1) is 31.0. The number of aliphatic hydroxyl groups is 3. The van der Waals surface area contributed by atoms with E-state index in [4.69, 9.17) is 33.2 Å². The summed E-state index contributed by atoms with van der Waals surface area (Å²) in [4.78, 5) is 25.5. The smallest absolute Gasteiger partial charge is 0.507 e. The number of benzene rings is 2. The summed E-state index contributed by atoms with van der Waals surface area (Å²) in [5, 5.41) is 43.3. The van der Waals surface area contributed by atoms with E-state index >= 15 is 0 Å². The zero-order chi connectivity index (χ0) is 33.2. The fraction of sp³-hybridized carbons (Fsp3) is 0.412. The third-order valence-corrected chi connectivity index (χ3v) is 8.86. The number of hydrogen-bond acceptors (Lipinski definition) is 13. The van der Waals surface area contributed by atoms with Crippen molar-refractivity contribution in [3.05, 3.63) is 58.7 Å². The molecule has 244 valence electrons. The molecule has 2 aromatic rings. The second-order valence-electron chi connectivity index (χ2n) is 11.8. The van der Waals surface area contributed by atoms with Crippen molar-refractivity contribution in [3.63, 3.8) is 0 Å². The van der Waals surface area contributed by atoms with Crippen LogP contribution in [0.2, 0.25) is 0 Å². The van der Waals surface area contributed by atoms with E-state index in [0.717, 1.165) is 5.56 Å². The second-order valence-corrected chi connectivity index (χ2v) is 11.8. The molecule has 5 aliphatic rings. The van der Waals surface area contributed by atoms with E-state index in [-0.39, 0.29) is 17.9 Å². The zero-order valence-corrected chi connectivity index (χ0v) is 25.3. The summed E-state index contributed by atoms with van der Waals surface area (Å²) in [7, 11) is 1.49. The molecule has 3 saturated heterocycles. The number of phenolic OH excluding ortho intramolecular Hbond substituents is 1. The van der Waals surface area contributed by atoms with E-state index in [1.807, 2.05) is 6.92 Å². The van der Waals surface area contributed by atoms with Crippen molar-refractivity contribution >= 4 is 22.9 Å². The summed E-state index contributed by atoms with van der Waals surface area (Å²) in [5.74, 6) is 11.1. The number of ether oxygens (including phenoxy) is 7. The standard InChI is InChI=1S/C34H30O13/c1-15-11-18(41-3)13-21-19(15)7-8-22(35)26(21)31(39)44-23-12-17-9-10-34(25-14-42-33(40)45-25)24(47-34)6-4-5-20(17)30(23)46-32-29(38)28(37)27(36)16(2)43-32/h5,7-8,11-13,16,23-25,27-30,32,35-38H,14H2,1-3H3/b20-5+/t16-,23-,24-,25-,27+,28+,29-,30-,32-,34+/m1/s1. The number of cyclic esters (lactones) is 2. The molecule has 0 aromatic heterocycles. The van der Waals surface area contributed by atoms with Crippen LogP contribution in [0.1, 0.15) is 22.8 Å². The number of carbonyl (C=O) groups excluding carboxylic acids is 2. The maximum Gasteiger partial charge on any atom is 0.508 e. The summed E-state index contributed by atoms with van der Waals surface area (Å²) in [5.41, 5.74) is 0.153. The number of esters is 1. The Hall–Kier alpha value is -4.60. The molecular formula is C34H30O13. The van der Waals surface area contributed by atoms with Crippen LogP contribution >= 0.6 is 0 Å². The van der Waals surface area contributed by atoms with Gasteiger partial charge in [-0.2, -0.15) is 0 Å². The molecule has 0 amide bonds. The van der Waals surface area contributed by atoms with Crippen LogP contribution in [0.5, 0.6) is 11.5 Å². The van der Waals surface area contributed by atoms with Crippen LogP contribution in [0.3, 0.4) is 0 Å². The maximum atomic E-state index is 13.9. The Morgan fingerprint density at radius 1 is 1.11 bits per heavy atom. The van der Waals surface area contributed by atoms with Crippen LogP contribution in [-0.2, 0) is 28.4 Å². The molecule has 0 spiro atoms. The third kappa shape index (κ3) is 5.27. The molecule has 2 aromatic carbocycles. The lowest BCUT2D eigenvalue weighted by Gasteiger charge is -2.40. The van der Waals surface area contributed by atoms with Gasteiger partial charge in [0.2, 0.25) is 5.60 Å². The second kappa shape index (κ2) is 11.6. The summed E-state index contributed by atoms with van der Waals surface area (Å²) in [6.07, 6.45) is -8.65. The minimum absolute atomic E-state index is 0.0704. The van der Waals surface area contributed by atoms with E-state index in [1.54, 1.807) is 18.2 Å². The van der Waals surface area contributed by atoms with Crippen LogP contribution in [0.25, 0.3) is 10.8 Å². The normalized spacial score (nSPS) is 36.2. The van der Waals surface area contributed by atoms with Gasteiger partial charge in [0.25, 0.3) is 0 Å². The number of hydrogen-bond donors (Lipinski definition) is 4. The molecule has 0 radical (unpaired) electrons. The molecule has 2 aliphatic carbocycles. The number of epoxide rings is 1. The molecule has 3 fully saturated rings. The Balaban J connectivity index is 1.26. The molecule has 13 nitrogen and oxygen atoms in total. The van der Waals surface area contributed by atoms with Crippen LogP contribution in [0, 0.1) is 30.6 Å². The molecule has 7 rings (SSSR count). The van der Waals surface area contributed by atoms with Gasteiger partial charge in [0.15, 0.2) is 24.6 Å². The first-order valence-corrected chi connectivity index (χ1v) is 14.8. The maximum absolute atomic E-state index is 13.9. The van der Waals surface area contributed by atoms with E-state index in [1.165, 1.54) is 32.3 Å². The average Bonchev–Trinajstić information content (AvgIpc) is 3.37. The molecular weight excluding hydrogens is 616 g/mol. The van der Waals surface area contributed by atoms with E-state index in [0.29, 0.717) is 27.7 Å². The molecule has 3 heterocycles. The summed E-state index contributed by atoms with van der Waals surface area (Å²) >= 11 is 0. The number of aryl methyl sites for hydroxylation is 1. The Kier molecular flexibility index (Phi) is 7.64. The van der Waals surface area contributed by atoms with Gasteiger partial charge in [-0.15, -0.1) is 0 Å².